The Morgan fingerprint density at radius 2 is 1.11 bits per heavy atom. The minimum absolute atomic E-state index is 0.842. The first kappa shape index (κ1) is 10.4. The smallest absolute Gasteiger partial charge is 0.0118 e. The molecule has 4 rings (SSSR count). The van der Waals surface area contributed by atoms with Crippen LogP contribution >= 0.6 is 0 Å². The normalized spacial score (nSPS) is 23.6. The molecule has 2 aliphatic carbocycles. The molecule has 2 atom stereocenters. The van der Waals surface area contributed by atoms with Gasteiger partial charge in [0.15, 0.2) is 0 Å². The molecule has 2 unspecified atom stereocenters. The summed E-state index contributed by atoms with van der Waals surface area (Å²) >= 11 is 0. The van der Waals surface area contributed by atoms with Gasteiger partial charge in [0.1, 0.15) is 0 Å². The van der Waals surface area contributed by atoms with E-state index in [1.54, 1.807) is 22.3 Å². The Morgan fingerprint density at radius 3 is 1.56 bits per heavy atom. The fraction of sp³-hybridized carbons (Fsp3) is 0.333. The molecule has 0 N–H and O–H groups in total. The van der Waals surface area contributed by atoms with Crippen molar-refractivity contribution in [1.82, 2.24) is 0 Å². The molecule has 2 aromatic carbocycles. The van der Waals surface area contributed by atoms with Gasteiger partial charge >= 0.3 is 0 Å². The van der Waals surface area contributed by atoms with E-state index in [0.29, 0.717) is 0 Å². The summed E-state index contributed by atoms with van der Waals surface area (Å²) < 4.78 is 0. The summed E-state index contributed by atoms with van der Waals surface area (Å²) in [4.78, 5) is 0. The zero-order valence-electron chi connectivity index (χ0n) is 10.6. The highest BCUT2D eigenvalue weighted by Crippen LogP contribution is 2.43. The van der Waals surface area contributed by atoms with Crippen molar-refractivity contribution in [3.63, 3.8) is 0 Å². The molecule has 0 bridgehead atoms. The molecule has 0 saturated heterocycles. The first-order valence-electron chi connectivity index (χ1n) is 7.07. The molecule has 2 aliphatic rings. The van der Waals surface area contributed by atoms with Crippen LogP contribution in [0.2, 0.25) is 0 Å². The van der Waals surface area contributed by atoms with Crippen molar-refractivity contribution in [2.45, 2.75) is 37.5 Å². The number of benzene rings is 2. The van der Waals surface area contributed by atoms with E-state index in [0.717, 1.165) is 11.8 Å². The Balaban J connectivity index is 1.40. The average molecular weight is 234 g/mol. The standard InChI is InChI=1S/C18H18/c1-3-7-17-13(5-1)11-15(17)9-10-16-12-14-6-2-4-8-18(14)16/h1-8,15-16H,9-12H2. The Labute approximate surface area is 109 Å². The Hall–Kier alpha value is -1.56. The van der Waals surface area contributed by atoms with Gasteiger partial charge < -0.3 is 0 Å². The SMILES string of the molecule is c1ccc2c(c1)CC2CCC1Cc2ccccc21. The van der Waals surface area contributed by atoms with Crippen LogP contribution in [0.1, 0.15) is 46.9 Å². The minimum atomic E-state index is 0.842. The summed E-state index contributed by atoms with van der Waals surface area (Å²) in [5.74, 6) is 1.68. The van der Waals surface area contributed by atoms with Gasteiger partial charge in [0.2, 0.25) is 0 Å². The van der Waals surface area contributed by atoms with Crippen LogP contribution in [0.5, 0.6) is 0 Å². The molecular weight excluding hydrogens is 216 g/mol. The van der Waals surface area contributed by atoms with E-state index in [9.17, 15) is 0 Å². The number of rotatable bonds is 3. The average Bonchev–Trinajstić information content (AvgIpc) is 2.35. The van der Waals surface area contributed by atoms with Crippen LogP contribution in [-0.2, 0) is 12.8 Å². The lowest BCUT2D eigenvalue weighted by Crippen LogP contribution is -2.21. The highest BCUT2D eigenvalue weighted by atomic mass is 14.3. The summed E-state index contributed by atoms with van der Waals surface area (Å²) in [5, 5.41) is 0. The predicted octanol–water partition coefficient (Wildman–Crippen LogP) is 4.45. The fourth-order valence-electron chi connectivity index (χ4n) is 3.64. The second kappa shape index (κ2) is 3.98. The zero-order valence-corrected chi connectivity index (χ0v) is 10.6. The molecule has 2 aromatic rings. The van der Waals surface area contributed by atoms with Gasteiger partial charge in [0, 0.05) is 0 Å². The van der Waals surface area contributed by atoms with Gasteiger partial charge in [0.05, 0.1) is 0 Å². The molecule has 0 heteroatoms. The number of fused-ring (bicyclic) bond motifs is 2. The van der Waals surface area contributed by atoms with Crippen LogP contribution in [0, 0.1) is 0 Å². The largest absolute Gasteiger partial charge is 0.0620 e. The molecule has 90 valence electrons. The minimum Gasteiger partial charge on any atom is -0.0620 e. The van der Waals surface area contributed by atoms with Gasteiger partial charge in [0.25, 0.3) is 0 Å². The van der Waals surface area contributed by atoms with Gasteiger partial charge in [-0.2, -0.15) is 0 Å². The van der Waals surface area contributed by atoms with E-state index in [1.165, 1.54) is 25.7 Å². The fourth-order valence-corrected chi connectivity index (χ4v) is 3.64. The van der Waals surface area contributed by atoms with Crippen molar-refractivity contribution in [2.75, 3.05) is 0 Å². The van der Waals surface area contributed by atoms with Crippen LogP contribution in [0.15, 0.2) is 48.5 Å². The predicted molar refractivity (Wildman–Crippen MR) is 75.0 cm³/mol. The van der Waals surface area contributed by atoms with Gasteiger partial charge in [-0.1, -0.05) is 48.5 Å². The Bertz CT molecular complexity index is 529. The highest BCUT2D eigenvalue weighted by Gasteiger charge is 2.29. The maximum atomic E-state index is 2.32. The summed E-state index contributed by atoms with van der Waals surface area (Å²) in [7, 11) is 0. The van der Waals surface area contributed by atoms with Crippen LogP contribution in [0.4, 0.5) is 0 Å². The topological polar surface area (TPSA) is 0 Å². The lowest BCUT2D eigenvalue weighted by Gasteiger charge is -2.34. The lowest BCUT2D eigenvalue weighted by atomic mass is 9.70. The summed E-state index contributed by atoms with van der Waals surface area (Å²) in [6.45, 7) is 0. The van der Waals surface area contributed by atoms with Crippen molar-refractivity contribution in [3.8, 4) is 0 Å². The van der Waals surface area contributed by atoms with Crippen molar-refractivity contribution in [3.05, 3.63) is 70.8 Å². The van der Waals surface area contributed by atoms with E-state index >= 15 is 0 Å². The number of hydrogen-bond acceptors (Lipinski definition) is 0. The Morgan fingerprint density at radius 1 is 0.667 bits per heavy atom. The summed E-state index contributed by atoms with van der Waals surface area (Å²) in [6.07, 6.45) is 5.36. The molecule has 18 heavy (non-hydrogen) atoms. The molecule has 0 heterocycles. The third-order valence-electron chi connectivity index (χ3n) is 4.79. The van der Waals surface area contributed by atoms with E-state index in [-0.39, 0.29) is 0 Å². The second-order valence-electron chi connectivity index (χ2n) is 5.78. The second-order valence-corrected chi connectivity index (χ2v) is 5.78. The van der Waals surface area contributed by atoms with Crippen LogP contribution < -0.4 is 0 Å². The van der Waals surface area contributed by atoms with E-state index in [4.69, 9.17) is 0 Å². The molecule has 0 amide bonds. The molecule has 0 aromatic heterocycles. The van der Waals surface area contributed by atoms with Crippen molar-refractivity contribution in [1.29, 1.82) is 0 Å². The Kier molecular flexibility index (Phi) is 2.29. The van der Waals surface area contributed by atoms with E-state index < -0.39 is 0 Å². The summed E-state index contributed by atoms with van der Waals surface area (Å²) in [5.41, 5.74) is 6.39. The van der Waals surface area contributed by atoms with Crippen molar-refractivity contribution >= 4 is 0 Å². The van der Waals surface area contributed by atoms with Gasteiger partial charge in [-0.3, -0.25) is 0 Å². The first-order chi connectivity index (χ1) is 8.92. The van der Waals surface area contributed by atoms with Crippen molar-refractivity contribution < 1.29 is 0 Å². The quantitative estimate of drug-likeness (QED) is 0.736. The van der Waals surface area contributed by atoms with Gasteiger partial charge in [-0.05, 0) is 59.8 Å². The zero-order chi connectivity index (χ0) is 11.9. The highest BCUT2D eigenvalue weighted by molar-refractivity contribution is 5.41. The first-order valence-corrected chi connectivity index (χ1v) is 7.07. The molecule has 0 nitrogen and oxygen atoms in total. The third kappa shape index (κ3) is 1.52. The van der Waals surface area contributed by atoms with E-state index in [1.807, 2.05) is 0 Å². The van der Waals surface area contributed by atoms with Crippen LogP contribution in [-0.4, -0.2) is 0 Å². The van der Waals surface area contributed by atoms with Crippen LogP contribution in [0.3, 0.4) is 0 Å². The van der Waals surface area contributed by atoms with Gasteiger partial charge in [-0.25, -0.2) is 0 Å². The molecule has 0 spiro atoms. The monoisotopic (exact) mass is 234 g/mol. The third-order valence-corrected chi connectivity index (χ3v) is 4.79. The number of hydrogen-bond donors (Lipinski definition) is 0. The summed E-state index contributed by atoms with van der Waals surface area (Å²) in [6, 6.07) is 17.9. The molecule has 0 aliphatic heterocycles. The molecule has 0 radical (unpaired) electrons. The molecular formula is C18H18. The maximum Gasteiger partial charge on any atom is -0.0118 e. The van der Waals surface area contributed by atoms with Crippen molar-refractivity contribution in [2.24, 2.45) is 0 Å². The molecule has 0 saturated carbocycles. The van der Waals surface area contributed by atoms with Gasteiger partial charge in [-0.15, -0.1) is 0 Å². The molecule has 0 fully saturated rings. The lowest BCUT2D eigenvalue weighted by molar-refractivity contribution is 0.465. The van der Waals surface area contributed by atoms with E-state index in [2.05, 4.69) is 48.5 Å². The maximum absolute atomic E-state index is 2.32. The van der Waals surface area contributed by atoms with Crippen LogP contribution in [0.25, 0.3) is 0 Å².